The lowest BCUT2D eigenvalue weighted by Crippen LogP contribution is -1.97. The highest BCUT2D eigenvalue weighted by molar-refractivity contribution is 5.49. The summed E-state index contributed by atoms with van der Waals surface area (Å²) < 4.78 is 0. The molecule has 0 aromatic rings. The van der Waals surface area contributed by atoms with Crippen molar-refractivity contribution in [3.8, 4) is 0 Å². The van der Waals surface area contributed by atoms with Gasteiger partial charge in [0.05, 0.1) is 11.3 Å². The first-order chi connectivity index (χ1) is 12.7. The molecule has 0 aromatic heterocycles. The SMILES string of the molecule is CCCCC/C=C/C/C(=C/C/C=C/C/C=C/C/C=C/CCC=O)[N+](=O)[O-]. The number of hydrogen-bond acceptors (Lipinski definition) is 3. The van der Waals surface area contributed by atoms with Crippen molar-refractivity contribution in [1.82, 2.24) is 0 Å². The fraction of sp³-hybridized carbons (Fsp3) is 0.500. The van der Waals surface area contributed by atoms with Crippen LogP contribution >= 0.6 is 0 Å². The summed E-state index contributed by atoms with van der Waals surface area (Å²) in [5.41, 5.74) is 0.261. The number of nitrogens with zero attached hydrogens (tertiary/aromatic N) is 1. The predicted molar refractivity (Wildman–Crippen MR) is 110 cm³/mol. The van der Waals surface area contributed by atoms with E-state index in [2.05, 4.69) is 19.1 Å². The number of carbonyl (C=O) groups excluding carboxylic acids is 1. The monoisotopic (exact) mass is 359 g/mol. The van der Waals surface area contributed by atoms with Gasteiger partial charge in [0.1, 0.15) is 6.29 Å². The van der Waals surface area contributed by atoms with Crippen LogP contribution in [0.25, 0.3) is 0 Å². The quantitative estimate of drug-likeness (QED) is 0.104. The molecule has 144 valence electrons. The minimum Gasteiger partial charge on any atom is -0.303 e. The average Bonchev–Trinajstić information content (AvgIpc) is 2.63. The van der Waals surface area contributed by atoms with Crippen molar-refractivity contribution in [1.29, 1.82) is 0 Å². The minimum atomic E-state index is -0.291. The second-order valence-electron chi connectivity index (χ2n) is 5.99. The van der Waals surface area contributed by atoms with Crippen molar-refractivity contribution in [2.24, 2.45) is 0 Å². The molecular formula is C22H33NO3. The van der Waals surface area contributed by atoms with Crippen LogP contribution in [0.2, 0.25) is 0 Å². The Bertz CT molecular complexity index is 513. The van der Waals surface area contributed by atoms with E-state index in [4.69, 9.17) is 0 Å². The second-order valence-corrected chi connectivity index (χ2v) is 5.99. The van der Waals surface area contributed by atoms with Crippen LogP contribution in [-0.2, 0) is 4.79 Å². The smallest absolute Gasteiger partial charge is 0.246 e. The Morgan fingerprint density at radius 2 is 1.42 bits per heavy atom. The maximum absolute atomic E-state index is 11.0. The van der Waals surface area contributed by atoms with Gasteiger partial charge in [0.25, 0.3) is 0 Å². The highest BCUT2D eigenvalue weighted by Gasteiger charge is 2.06. The van der Waals surface area contributed by atoms with Crippen molar-refractivity contribution in [3.05, 3.63) is 70.5 Å². The van der Waals surface area contributed by atoms with E-state index in [9.17, 15) is 14.9 Å². The van der Waals surface area contributed by atoms with E-state index in [1.54, 1.807) is 6.08 Å². The zero-order chi connectivity index (χ0) is 19.3. The molecule has 0 radical (unpaired) electrons. The van der Waals surface area contributed by atoms with Gasteiger partial charge in [-0.1, -0.05) is 68.4 Å². The number of aldehydes is 1. The molecule has 26 heavy (non-hydrogen) atoms. The van der Waals surface area contributed by atoms with Crippen molar-refractivity contribution >= 4 is 6.29 Å². The average molecular weight is 360 g/mol. The number of hydrogen-bond donors (Lipinski definition) is 0. The number of allylic oxidation sites excluding steroid dienone is 9. The molecule has 0 amide bonds. The molecular weight excluding hydrogens is 326 g/mol. The highest BCUT2D eigenvalue weighted by atomic mass is 16.6. The standard InChI is InChI=1S/C22H33NO3/c1-2-3-4-5-13-16-19-22(23(25)26)20-17-14-11-9-7-6-8-10-12-15-18-21-24/h6-7,10-14,16,20-21H,2-5,8-9,15,17-19H2,1H3/b7-6+,12-10+,14-11+,16-13+,22-20-. The molecule has 0 aliphatic rings. The molecule has 0 heterocycles. The van der Waals surface area contributed by atoms with E-state index in [1.807, 2.05) is 36.5 Å². The first-order valence-electron chi connectivity index (χ1n) is 9.59. The fourth-order valence-electron chi connectivity index (χ4n) is 2.19. The summed E-state index contributed by atoms with van der Waals surface area (Å²) in [5.74, 6) is 0. The van der Waals surface area contributed by atoms with Crippen LogP contribution in [0, 0.1) is 10.1 Å². The Morgan fingerprint density at radius 1 is 0.808 bits per heavy atom. The van der Waals surface area contributed by atoms with E-state index >= 15 is 0 Å². The van der Waals surface area contributed by atoms with E-state index in [-0.39, 0.29) is 10.6 Å². The maximum atomic E-state index is 11.0. The first-order valence-corrected chi connectivity index (χ1v) is 9.59. The van der Waals surface area contributed by atoms with E-state index in [0.717, 1.165) is 38.4 Å². The van der Waals surface area contributed by atoms with Gasteiger partial charge >= 0.3 is 0 Å². The second kappa shape index (κ2) is 19.1. The molecule has 4 nitrogen and oxygen atoms in total. The van der Waals surface area contributed by atoms with Crippen LogP contribution in [-0.4, -0.2) is 11.2 Å². The Kier molecular flexibility index (Phi) is 17.5. The third-order valence-corrected chi connectivity index (χ3v) is 3.69. The zero-order valence-electron chi connectivity index (χ0n) is 16.0. The summed E-state index contributed by atoms with van der Waals surface area (Å²) in [7, 11) is 0. The topological polar surface area (TPSA) is 60.2 Å². The lowest BCUT2D eigenvalue weighted by molar-refractivity contribution is -0.427. The van der Waals surface area contributed by atoms with Gasteiger partial charge in [0.2, 0.25) is 5.70 Å². The third-order valence-electron chi connectivity index (χ3n) is 3.69. The fourth-order valence-corrected chi connectivity index (χ4v) is 2.19. The van der Waals surface area contributed by atoms with Crippen LogP contribution in [0.15, 0.2) is 60.4 Å². The Morgan fingerprint density at radius 3 is 2.04 bits per heavy atom. The van der Waals surface area contributed by atoms with Crippen LogP contribution < -0.4 is 0 Å². The highest BCUT2D eigenvalue weighted by Crippen LogP contribution is 2.07. The van der Waals surface area contributed by atoms with Gasteiger partial charge in [-0.2, -0.15) is 0 Å². The lowest BCUT2D eigenvalue weighted by atomic mass is 10.2. The predicted octanol–water partition coefficient (Wildman–Crippen LogP) is 6.49. The molecule has 0 aromatic carbocycles. The van der Waals surface area contributed by atoms with Gasteiger partial charge in [-0.25, -0.2) is 0 Å². The Labute approximate surface area is 158 Å². The summed E-state index contributed by atoms with van der Waals surface area (Å²) >= 11 is 0. The van der Waals surface area contributed by atoms with Crippen molar-refractivity contribution < 1.29 is 9.72 Å². The molecule has 0 saturated carbocycles. The summed E-state index contributed by atoms with van der Waals surface area (Å²) in [6, 6.07) is 0. The normalized spacial score (nSPS) is 12.9. The van der Waals surface area contributed by atoms with Crippen LogP contribution in [0.4, 0.5) is 0 Å². The number of unbranched alkanes of at least 4 members (excludes halogenated alkanes) is 4. The van der Waals surface area contributed by atoms with Crippen molar-refractivity contribution in [2.45, 2.75) is 71.1 Å². The van der Waals surface area contributed by atoms with Gasteiger partial charge in [-0.3, -0.25) is 10.1 Å². The van der Waals surface area contributed by atoms with E-state index < -0.39 is 0 Å². The number of rotatable bonds is 16. The molecule has 0 rings (SSSR count). The molecule has 0 saturated heterocycles. The molecule has 4 heteroatoms. The largest absolute Gasteiger partial charge is 0.303 e. The van der Waals surface area contributed by atoms with Crippen molar-refractivity contribution in [3.63, 3.8) is 0 Å². The molecule has 0 fully saturated rings. The van der Waals surface area contributed by atoms with Gasteiger partial charge in [0.15, 0.2) is 0 Å². The zero-order valence-corrected chi connectivity index (χ0v) is 16.0. The Balaban J connectivity index is 4.00. The molecule has 0 unspecified atom stereocenters. The maximum Gasteiger partial charge on any atom is 0.246 e. The summed E-state index contributed by atoms with van der Waals surface area (Å²) in [6.45, 7) is 2.16. The molecule has 0 N–H and O–H groups in total. The lowest BCUT2D eigenvalue weighted by Gasteiger charge is -1.94. The number of carbonyl (C=O) groups is 1. The summed E-state index contributed by atoms with van der Waals surface area (Å²) in [4.78, 5) is 20.9. The molecule has 0 spiro atoms. The molecule has 0 aliphatic heterocycles. The minimum absolute atomic E-state index is 0.261. The van der Waals surface area contributed by atoms with Gasteiger partial charge in [-0.15, -0.1) is 0 Å². The number of nitro groups is 1. The van der Waals surface area contributed by atoms with Crippen LogP contribution in [0.1, 0.15) is 71.1 Å². The third kappa shape index (κ3) is 16.6. The summed E-state index contributed by atoms with van der Waals surface area (Å²) in [6.07, 6.45) is 27.3. The van der Waals surface area contributed by atoms with Crippen molar-refractivity contribution in [2.75, 3.05) is 0 Å². The van der Waals surface area contributed by atoms with Gasteiger partial charge in [0, 0.05) is 6.42 Å². The van der Waals surface area contributed by atoms with Crippen LogP contribution in [0.5, 0.6) is 0 Å². The first kappa shape index (κ1) is 23.8. The van der Waals surface area contributed by atoms with Gasteiger partial charge in [-0.05, 0) is 44.6 Å². The van der Waals surface area contributed by atoms with E-state index in [1.165, 1.54) is 12.8 Å². The van der Waals surface area contributed by atoms with Crippen LogP contribution in [0.3, 0.4) is 0 Å². The Hall–Kier alpha value is -2.23. The molecule has 0 aliphatic carbocycles. The van der Waals surface area contributed by atoms with Gasteiger partial charge < -0.3 is 4.79 Å². The van der Waals surface area contributed by atoms with E-state index in [0.29, 0.717) is 19.3 Å². The molecule has 0 bridgehead atoms. The molecule has 0 atom stereocenters. The summed E-state index contributed by atoms with van der Waals surface area (Å²) in [5, 5.41) is 11.0.